The average Bonchev–Trinajstić information content (AvgIpc) is 3.33. The van der Waals surface area contributed by atoms with E-state index in [1.54, 1.807) is 6.21 Å². The number of carbonyl (C=O) groups excluding carboxylic acids is 3. The first-order chi connectivity index (χ1) is 22.3. The van der Waals surface area contributed by atoms with E-state index in [0.29, 0.717) is 12.8 Å². The Balaban J connectivity index is 1.22. The van der Waals surface area contributed by atoms with Gasteiger partial charge >= 0.3 is 12.1 Å². The maximum atomic E-state index is 14.1. The third-order valence-electron chi connectivity index (χ3n) is 9.71. The summed E-state index contributed by atoms with van der Waals surface area (Å²) >= 11 is 0. The van der Waals surface area contributed by atoms with Crippen molar-refractivity contribution in [2.45, 2.75) is 100 Å². The number of fused-ring (bicyclic) bond motifs is 3. The molecule has 0 bridgehead atoms. The van der Waals surface area contributed by atoms with E-state index in [4.69, 9.17) is 9.57 Å². The van der Waals surface area contributed by atoms with E-state index in [0.717, 1.165) is 61.3 Å². The van der Waals surface area contributed by atoms with Crippen LogP contribution in [0.5, 0.6) is 0 Å². The van der Waals surface area contributed by atoms with Gasteiger partial charge in [0.25, 0.3) is 0 Å². The molecule has 46 heavy (non-hydrogen) atoms. The lowest BCUT2D eigenvalue weighted by atomic mass is 10.0. The zero-order chi connectivity index (χ0) is 32.1. The third-order valence-corrected chi connectivity index (χ3v) is 9.71. The van der Waals surface area contributed by atoms with Crippen LogP contribution in [-0.2, 0) is 24.0 Å². The van der Waals surface area contributed by atoms with Gasteiger partial charge in [0.05, 0.1) is 12.8 Å². The second-order valence-corrected chi connectivity index (χ2v) is 12.9. The molecule has 1 saturated heterocycles. The maximum Gasteiger partial charge on any atom is 0.408 e. The molecule has 5 atom stereocenters. The van der Waals surface area contributed by atoms with E-state index in [9.17, 15) is 24.3 Å². The number of allylic oxidation sites excluding steroid dienone is 1. The van der Waals surface area contributed by atoms with Gasteiger partial charge < -0.3 is 30.2 Å². The number of rotatable bonds is 6. The largest absolute Gasteiger partial charge is 0.479 e. The summed E-state index contributed by atoms with van der Waals surface area (Å²) in [5, 5.41) is 21.9. The fourth-order valence-electron chi connectivity index (χ4n) is 7.01. The van der Waals surface area contributed by atoms with Crippen molar-refractivity contribution in [3.8, 4) is 0 Å². The molecule has 2 aromatic rings. The summed E-state index contributed by atoms with van der Waals surface area (Å²) in [5.74, 6) is -2.39. The normalized spacial score (nSPS) is 29.7. The lowest BCUT2D eigenvalue weighted by Crippen LogP contribution is -2.56. The monoisotopic (exact) mass is 630 g/mol. The van der Waals surface area contributed by atoms with Crippen LogP contribution in [0.25, 0.3) is 10.8 Å². The lowest BCUT2D eigenvalue weighted by Gasteiger charge is -2.29. The van der Waals surface area contributed by atoms with Crippen LogP contribution < -0.4 is 10.6 Å². The van der Waals surface area contributed by atoms with Crippen LogP contribution in [0.2, 0.25) is 0 Å². The van der Waals surface area contributed by atoms with Crippen molar-refractivity contribution in [2.75, 3.05) is 6.54 Å². The Morgan fingerprint density at radius 1 is 1.00 bits per heavy atom. The molecule has 6 rings (SSSR count). The molecule has 1 unspecified atom stereocenters. The number of carboxylic acid groups (broad SMARTS) is 1. The molecule has 2 aliphatic carbocycles. The van der Waals surface area contributed by atoms with Crippen molar-refractivity contribution < 1.29 is 33.9 Å². The van der Waals surface area contributed by atoms with Gasteiger partial charge in [0.1, 0.15) is 29.8 Å². The number of nitrogens with one attached hydrogen (secondary N) is 2. The van der Waals surface area contributed by atoms with Crippen LogP contribution in [0, 0.1) is 5.92 Å². The number of hydrogen-bond acceptors (Lipinski definition) is 7. The number of amides is 3. The highest BCUT2D eigenvalue weighted by molar-refractivity contribution is 5.99. The Bertz CT molecular complexity index is 1510. The molecule has 2 heterocycles. The molecular formula is C35H42N4O7. The van der Waals surface area contributed by atoms with E-state index in [1.165, 1.54) is 4.90 Å². The highest BCUT2D eigenvalue weighted by atomic mass is 16.6. The first-order valence-electron chi connectivity index (χ1n) is 16.5. The molecule has 0 spiro atoms. The Morgan fingerprint density at radius 2 is 1.78 bits per heavy atom. The van der Waals surface area contributed by atoms with Gasteiger partial charge in [-0.3, -0.25) is 9.59 Å². The first kappa shape index (κ1) is 31.6. The van der Waals surface area contributed by atoms with Gasteiger partial charge in [-0.05, 0) is 62.1 Å². The van der Waals surface area contributed by atoms with E-state index in [2.05, 4.69) is 15.8 Å². The van der Waals surface area contributed by atoms with Crippen molar-refractivity contribution in [1.82, 2.24) is 15.5 Å². The molecule has 2 aromatic carbocycles. The molecule has 0 aromatic heterocycles. The number of carboxylic acids is 1. The van der Waals surface area contributed by atoms with Gasteiger partial charge in [-0.1, -0.05) is 72.6 Å². The Kier molecular flexibility index (Phi) is 9.56. The summed E-state index contributed by atoms with van der Waals surface area (Å²) < 4.78 is 5.61. The van der Waals surface area contributed by atoms with Gasteiger partial charge in [0.15, 0.2) is 0 Å². The zero-order valence-corrected chi connectivity index (χ0v) is 25.9. The predicted octanol–water partition coefficient (Wildman–Crippen LogP) is 4.68. The Hall–Kier alpha value is -4.41. The summed E-state index contributed by atoms with van der Waals surface area (Å²) in [6.07, 6.45) is 11.6. The van der Waals surface area contributed by atoms with Crippen LogP contribution in [-0.4, -0.2) is 76.5 Å². The standard InChI is InChI=1S/C35H42N4O7/c40-31-30-19-27(46-36-21-24-13-10-12-23-11-6-9-17-28(23)24)22-39(30)32(41)29(37-34(44)45-26-15-7-8-16-26)18-5-3-1-2-4-14-25-20-35(25,38-31)33(42)43/h4,6,9-14,17,21,25-27,29-30H,1-3,5,7-8,15-16,18-20,22H2,(H,37,44)(H,38,40)(H,42,43)/b14-4-,36-21+/t25-,27-,29+,30+,35?/m1/s1. The highest BCUT2D eigenvalue weighted by Gasteiger charge is 2.61. The van der Waals surface area contributed by atoms with Crippen molar-refractivity contribution in [1.29, 1.82) is 0 Å². The lowest BCUT2D eigenvalue weighted by molar-refractivity contribution is -0.145. The van der Waals surface area contributed by atoms with Crippen LogP contribution >= 0.6 is 0 Å². The number of alkyl carbamates (subject to hydrolysis) is 1. The smallest absolute Gasteiger partial charge is 0.408 e. The van der Waals surface area contributed by atoms with Crippen molar-refractivity contribution in [3.63, 3.8) is 0 Å². The minimum Gasteiger partial charge on any atom is -0.479 e. The van der Waals surface area contributed by atoms with Gasteiger partial charge in [-0.2, -0.15) is 0 Å². The molecule has 0 radical (unpaired) electrons. The predicted molar refractivity (Wildman–Crippen MR) is 171 cm³/mol. The molecular weight excluding hydrogens is 588 g/mol. The summed E-state index contributed by atoms with van der Waals surface area (Å²) in [5.41, 5.74) is -0.544. The molecule has 2 aliphatic heterocycles. The summed E-state index contributed by atoms with van der Waals surface area (Å²) in [6.45, 7) is 0.0586. The number of ether oxygens (including phenoxy) is 1. The van der Waals surface area contributed by atoms with Crippen molar-refractivity contribution >= 4 is 40.9 Å². The molecule has 3 N–H and O–H groups in total. The molecule has 4 aliphatic rings. The highest BCUT2D eigenvalue weighted by Crippen LogP contribution is 2.45. The maximum absolute atomic E-state index is 14.1. The number of benzene rings is 2. The van der Waals surface area contributed by atoms with Gasteiger partial charge in [0, 0.05) is 17.9 Å². The Labute approximate surface area is 268 Å². The van der Waals surface area contributed by atoms with Gasteiger partial charge in [0.2, 0.25) is 11.8 Å². The topological polar surface area (TPSA) is 147 Å². The summed E-state index contributed by atoms with van der Waals surface area (Å²) in [4.78, 5) is 60.4. The summed E-state index contributed by atoms with van der Waals surface area (Å²) in [7, 11) is 0. The molecule has 2 saturated carbocycles. The van der Waals surface area contributed by atoms with Crippen molar-refractivity contribution in [2.24, 2.45) is 11.1 Å². The van der Waals surface area contributed by atoms with E-state index >= 15 is 0 Å². The molecule has 244 valence electrons. The third kappa shape index (κ3) is 7.03. The first-order valence-corrected chi connectivity index (χ1v) is 16.5. The van der Waals surface area contributed by atoms with Crippen LogP contribution in [0.15, 0.2) is 59.8 Å². The second-order valence-electron chi connectivity index (χ2n) is 12.9. The molecule has 3 fully saturated rings. The van der Waals surface area contributed by atoms with Crippen LogP contribution in [0.1, 0.15) is 76.2 Å². The number of hydrogen-bond donors (Lipinski definition) is 3. The van der Waals surface area contributed by atoms with Gasteiger partial charge in [-0.25, -0.2) is 9.59 Å². The number of nitrogens with zero attached hydrogens (tertiary/aromatic N) is 2. The van der Waals surface area contributed by atoms with E-state index in [-0.39, 0.29) is 31.4 Å². The number of oxime groups is 1. The number of aliphatic carboxylic acids is 1. The van der Waals surface area contributed by atoms with Gasteiger partial charge in [-0.15, -0.1) is 0 Å². The second kappa shape index (κ2) is 13.9. The zero-order valence-electron chi connectivity index (χ0n) is 25.9. The van der Waals surface area contributed by atoms with E-state index < -0.39 is 47.6 Å². The Morgan fingerprint density at radius 3 is 2.61 bits per heavy atom. The minimum absolute atomic E-state index is 0.0586. The summed E-state index contributed by atoms with van der Waals surface area (Å²) in [6, 6.07) is 11.9. The molecule has 11 nitrogen and oxygen atoms in total. The quantitative estimate of drug-likeness (QED) is 0.239. The van der Waals surface area contributed by atoms with Crippen molar-refractivity contribution in [3.05, 3.63) is 60.2 Å². The van der Waals surface area contributed by atoms with Crippen LogP contribution in [0.4, 0.5) is 4.79 Å². The van der Waals surface area contributed by atoms with E-state index in [1.807, 2.05) is 54.6 Å². The molecule has 11 heteroatoms. The fraction of sp³-hybridized carbons (Fsp3) is 0.514. The fourth-order valence-corrected chi connectivity index (χ4v) is 7.01. The number of carbonyl (C=O) groups is 4. The average molecular weight is 631 g/mol. The van der Waals surface area contributed by atoms with Crippen LogP contribution in [0.3, 0.4) is 0 Å². The molecule has 3 amide bonds. The minimum atomic E-state index is -1.41. The SMILES string of the molecule is O=C(N[C@H]1CCCCC/C=C\[C@@H]2CC2(C(=O)O)NC(=O)[C@@H]2C[C@@H](O/N=C/c3cccc4ccccc34)CN2C1=O)OC1CCCC1.